The number of nitrogen functional groups attached to an aromatic ring is 1. The SMILES string of the molecule is CCOC(=O)[C@H](C)NP(=O)(OCC1(N=[N+]=[N-])O[C@@H](C2CSc3c(N)ncnc32)[C@H](F)[C@@H]1O)Oc1ccccc1. The molecule has 14 nitrogen and oxygen atoms in total. The third kappa shape index (κ3) is 6.12. The first-order valence-electron chi connectivity index (χ1n) is 11.9. The summed E-state index contributed by atoms with van der Waals surface area (Å²) in [7, 11) is -4.43. The maximum Gasteiger partial charge on any atom is 0.459 e. The molecule has 0 spiro atoms. The first-order valence-corrected chi connectivity index (χ1v) is 14.4. The highest BCUT2D eigenvalue weighted by Crippen LogP contribution is 2.51. The minimum atomic E-state index is -4.43. The van der Waals surface area contributed by atoms with E-state index in [9.17, 15) is 20.0 Å². The third-order valence-electron chi connectivity index (χ3n) is 6.05. The normalized spacial score (nSPS) is 28.1. The van der Waals surface area contributed by atoms with Crippen LogP contribution in [0.3, 0.4) is 0 Å². The highest BCUT2D eigenvalue weighted by molar-refractivity contribution is 7.99. The lowest BCUT2D eigenvalue weighted by atomic mass is 9.94. The van der Waals surface area contributed by atoms with Gasteiger partial charge < -0.3 is 24.8 Å². The lowest BCUT2D eigenvalue weighted by Gasteiger charge is -2.30. The highest BCUT2D eigenvalue weighted by Gasteiger charge is 2.59. The molecule has 0 bridgehead atoms. The number of nitrogens with zero attached hydrogens (tertiary/aromatic N) is 5. The van der Waals surface area contributed by atoms with Gasteiger partial charge in [-0.2, -0.15) is 5.09 Å². The molecule has 2 aliphatic rings. The van der Waals surface area contributed by atoms with Crippen LogP contribution < -0.4 is 15.3 Å². The van der Waals surface area contributed by atoms with Gasteiger partial charge in [-0.3, -0.25) is 9.32 Å². The number of rotatable bonds is 11. The number of aliphatic hydroxyl groups excluding tert-OH is 1. The summed E-state index contributed by atoms with van der Waals surface area (Å²) in [5.74, 6) is -0.732. The zero-order valence-electron chi connectivity index (χ0n) is 20.9. The average molecular weight is 584 g/mol. The Morgan fingerprint density at radius 2 is 2.21 bits per heavy atom. The smallest absolute Gasteiger partial charge is 0.459 e. The van der Waals surface area contributed by atoms with E-state index in [4.69, 9.17) is 24.3 Å². The van der Waals surface area contributed by atoms with Gasteiger partial charge in [0.1, 0.15) is 36.1 Å². The second kappa shape index (κ2) is 12.0. The number of aromatic nitrogens is 2. The Morgan fingerprint density at radius 3 is 2.90 bits per heavy atom. The largest absolute Gasteiger partial charge is 0.465 e. The first-order chi connectivity index (χ1) is 18.6. The van der Waals surface area contributed by atoms with Crippen molar-refractivity contribution in [2.24, 2.45) is 5.11 Å². The van der Waals surface area contributed by atoms with Crippen molar-refractivity contribution in [2.45, 2.75) is 54.8 Å². The fraction of sp³-hybridized carbons (Fsp3) is 0.500. The number of hydrogen-bond acceptors (Lipinski definition) is 12. The van der Waals surface area contributed by atoms with Crippen LogP contribution in [0.5, 0.6) is 5.75 Å². The van der Waals surface area contributed by atoms with Gasteiger partial charge in [0.25, 0.3) is 0 Å². The molecule has 0 amide bonds. The zero-order chi connectivity index (χ0) is 28.2. The van der Waals surface area contributed by atoms with Gasteiger partial charge in [-0.05, 0) is 31.5 Å². The standard InChI is InChI=1S/C22H27FN7O7PS/c1-3-34-21(32)12(2)28-38(33,37-13-7-5-4-6-8-13)35-10-22(29-30-25)19(31)15(23)17(36-22)14-9-39-18-16(14)26-11-27-20(18)24/h4-8,11-12,14-15,17,19,31H,3,9-10H2,1-2H3,(H,28,33)(H2,24,26,27)/t12-,14?,15-,17-,19-,22?,38?/m0/s1. The Kier molecular flexibility index (Phi) is 8.96. The summed E-state index contributed by atoms with van der Waals surface area (Å²) >= 11 is 1.31. The van der Waals surface area contributed by atoms with Gasteiger partial charge in [-0.15, -0.1) is 11.8 Å². The van der Waals surface area contributed by atoms with Crippen LogP contribution in [0.4, 0.5) is 10.2 Å². The van der Waals surface area contributed by atoms with Gasteiger partial charge in [-0.1, -0.05) is 23.3 Å². The fourth-order valence-corrected chi connectivity index (χ4v) is 6.93. The molecule has 39 heavy (non-hydrogen) atoms. The van der Waals surface area contributed by atoms with Crippen LogP contribution >= 0.6 is 19.5 Å². The van der Waals surface area contributed by atoms with Crippen LogP contribution in [-0.4, -0.2) is 70.2 Å². The molecule has 17 heteroatoms. The van der Waals surface area contributed by atoms with E-state index in [1.54, 1.807) is 25.1 Å². The lowest BCUT2D eigenvalue weighted by molar-refractivity contribution is -0.144. The van der Waals surface area contributed by atoms with Crippen molar-refractivity contribution in [3.05, 3.63) is 52.8 Å². The van der Waals surface area contributed by atoms with Crippen LogP contribution in [0.2, 0.25) is 0 Å². The number of carbonyl (C=O) groups is 1. The van der Waals surface area contributed by atoms with Gasteiger partial charge in [0.05, 0.1) is 23.8 Å². The molecule has 0 aliphatic carbocycles. The number of hydrogen-bond donors (Lipinski definition) is 3. The molecular formula is C22H27FN7O7PS. The molecule has 2 aliphatic heterocycles. The number of fused-ring (bicyclic) bond motifs is 1. The molecule has 0 radical (unpaired) electrons. The highest BCUT2D eigenvalue weighted by atomic mass is 32.2. The summed E-state index contributed by atoms with van der Waals surface area (Å²) in [6.45, 7) is 2.17. The number of aliphatic hydroxyl groups is 1. The Balaban J connectivity index is 1.59. The van der Waals surface area contributed by atoms with E-state index in [1.807, 2.05) is 0 Å². The number of esters is 1. The first kappa shape index (κ1) is 29.0. The number of nitrogens with two attached hydrogens (primary N) is 1. The molecule has 2 aromatic rings. The molecule has 4 N–H and O–H groups in total. The summed E-state index contributed by atoms with van der Waals surface area (Å²) in [6, 6.07) is 6.77. The number of benzene rings is 1. The van der Waals surface area contributed by atoms with Crippen molar-refractivity contribution < 1.29 is 37.4 Å². The van der Waals surface area contributed by atoms with Crippen molar-refractivity contribution in [1.82, 2.24) is 15.1 Å². The number of thioether (sulfide) groups is 1. The molecular weight excluding hydrogens is 556 g/mol. The maximum atomic E-state index is 15.5. The summed E-state index contributed by atoms with van der Waals surface area (Å²) in [4.78, 5) is 23.6. The number of alkyl halides is 1. The van der Waals surface area contributed by atoms with Crippen molar-refractivity contribution in [3.63, 3.8) is 0 Å². The van der Waals surface area contributed by atoms with Crippen molar-refractivity contribution >= 4 is 31.3 Å². The molecule has 1 fully saturated rings. The molecule has 1 aromatic heterocycles. The third-order valence-corrected chi connectivity index (χ3v) is 8.90. The monoisotopic (exact) mass is 583 g/mol. The van der Waals surface area contributed by atoms with E-state index in [-0.39, 0.29) is 18.2 Å². The fourth-order valence-electron chi connectivity index (χ4n) is 4.17. The van der Waals surface area contributed by atoms with E-state index in [0.717, 1.165) is 0 Å². The molecule has 210 valence electrons. The van der Waals surface area contributed by atoms with Crippen LogP contribution in [0, 0.1) is 0 Å². The van der Waals surface area contributed by atoms with E-state index < -0.39 is 56.4 Å². The van der Waals surface area contributed by atoms with Crippen LogP contribution in [0.25, 0.3) is 10.4 Å². The summed E-state index contributed by atoms with van der Waals surface area (Å²) in [5, 5.41) is 16.8. The predicted molar refractivity (Wildman–Crippen MR) is 137 cm³/mol. The summed E-state index contributed by atoms with van der Waals surface area (Å²) in [5.41, 5.74) is 13.3. The van der Waals surface area contributed by atoms with Crippen LogP contribution in [0.1, 0.15) is 25.5 Å². The molecule has 1 saturated heterocycles. The minimum absolute atomic E-state index is 0.0774. The lowest BCUT2D eigenvalue weighted by Crippen LogP contribution is -2.45. The van der Waals surface area contributed by atoms with Crippen molar-refractivity contribution in [2.75, 3.05) is 24.7 Å². The van der Waals surface area contributed by atoms with Gasteiger partial charge >= 0.3 is 13.7 Å². The number of halogens is 1. The second-order valence-electron chi connectivity index (χ2n) is 8.67. The Bertz CT molecular complexity index is 1290. The van der Waals surface area contributed by atoms with Gasteiger partial charge in [0.15, 0.2) is 11.9 Å². The Hall–Kier alpha value is -2.97. The van der Waals surface area contributed by atoms with Gasteiger partial charge in [0, 0.05) is 16.6 Å². The Morgan fingerprint density at radius 1 is 1.46 bits per heavy atom. The van der Waals surface area contributed by atoms with E-state index in [1.165, 1.54) is 37.1 Å². The second-order valence-corrected chi connectivity index (χ2v) is 11.4. The number of para-hydroxylation sites is 1. The summed E-state index contributed by atoms with van der Waals surface area (Å²) < 4.78 is 51.2. The number of ether oxygens (including phenoxy) is 2. The van der Waals surface area contributed by atoms with Gasteiger partial charge in [-0.25, -0.2) is 18.9 Å². The van der Waals surface area contributed by atoms with Gasteiger partial charge in [0.2, 0.25) is 0 Å². The molecule has 0 saturated carbocycles. The summed E-state index contributed by atoms with van der Waals surface area (Å²) in [6.07, 6.45) is -4.10. The maximum absolute atomic E-state index is 15.5. The predicted octanol–water partition coefficient (Wildman–Crippen LogP) is 3.10. The molecule has 4 rings (SSSR count). The van der Waals surface area contributed by atoms with E-state index in [0.29, 0.717) is 16.3 Å². The quantitative estimate of drug-likeness (QED) is 0.115. The van der Waals surface area contributed by atoms with Crippen LogP contribution in [0.15, 0.2) is 46.7 Å². The number of anilines is 1. The topological polar surface area (TPSA) is 204 Å². The van der Waals surface area contributed by atoms with Crippen LogP contribution in [-0.2, 0) is 23.4 Å². The molecule has 3 heterocycles. The van der Waals surface area contributed by atoms with E-state index >= 15 is 4.39 Å². The molecule has 7 atom stereocenters. The van der Waals surface area contributed by atoms with E-state index in [2.05, 4.69) is 25.1 Å². The van der Waals surface area contributed by atoms with Crippen molar-refractivity contribution in [1.29, 1.82) is 0 Å². The Labute approximate surface area is 227 Å². The molecule has 3 unspecified atom stereocenters. The molecule has 1 aromatic carbocycles. The number of carbonyl (C=O) groups excluding carboxylic acids is 1. The zero-order valence-corrected chi connectivity index (χ0v) is 22.6. The number of azide groups is 1. The number of nitrogens with one attached hydrogen (secondary N) is 1. The average Bonchev–Trinajstić information content (AvgIpc) is 3.44. The van der Waals surface area contributed by atoms with Crippen molar-refractivity contribution in [3.8, 4) is 5.75 Å². The minimum Gasteiger partial charge on any atom is -0.465 e.